The Kier molecular flexibility index (Phi) is 4.41. The fraction of sp³-hybridized carbons (Fsp3) is 0. The summed E-state index contributed by atoms with van der Waals surface area (Å²) in [7, 11) is 2.01. The van der Waals surface area contributed by atoms with Crippen LogP contribution in [-0.2, 0) is 4.79 Å². The van der Waals surface area contributed by atoms with Crippen LogP contribution in [0, 0.1) is 0 Å². The summed E-state index contributed by atoms with van der Waals surface area (Å²) in [6.07, 6.45) is 3.33. The summed E-state index contributed by atoms with van der Waals surface area (Å²) in [5.41, 5.74) is 3.36. The van der Waals surface area contributed by atoms with E-state index in [0.717, 1.165) is 21.2 Å². The molecule has 1 amide bonds. The molecule has 0 aliphatic carbocycles. The molecule has 4 aromatic rings. The van der Waals surface area contributed by atoms with Gasteiger partial charge in [-0.1, -0.05) is 53.2 Å². The predicted octanol–water partition coefficient (Wildman–Crippen LogP) is 3.33. The maximum atomic E-state index is 12.9. The molecule has 0 unspecified atom stereocenters. The Bertz CT molecular complexity index is 1050. The molecular weight excluding hydrogens is 343 g/mol. The molecule has 0 saturated heterocycles. The standard InChI is InChI=1S/C20H15BN2O2S/c21-14-9-7-13(8-10-14)16(12-15-4-3-11-25-15)19(24)23-20-22-17-5-1-2-6-18(17)26-20/h1-12H,21H2,(H,22,23,24)/b16-12+. The Morgan fingerprint density at radius 1 is 1.08 bits per heavy atom. The summed E-state index contributed by atoms with van der Waals surface area (Å²) in [4.78, 5) is 17.4. The zero-order valence-corrected chi connectivity index (χ0v) is 14.9. The SMILES string of the molecule is Bc1ccc(/C(=C\c2ccco2)C(=O)Nc2nc3ccccc3s2)cc1. The molecular formula is C20H15BN2O2S. The van der Waals surface area contributed by atoms with Gasteiger partial charge in [0.25, 0.3) is 5.91 Å². The van der Waals surface area contributed by atoms with Crippen LogP contribution in [-0.4, -0.2) is 18.7 Å². The number of anilines is 1. The molecule has 0 aliphatic heterocycles. The van der Waals surface area contributed by atoms with Gasteiger partial charge in [0.2, 0.25) is 0 Å². The minimum absolute atomic E-state index is 0.218. The smallest absolute Gasteiger partial charge is 0.258 e. The van der Waals surface area contributed by atoms with E-state index in [1.165, 1.54) is 11.3 Å². The number of furan rings is 1. The fourth-order valence-corrected chi connectivity index (χ4v) is 3.48. The quantitative estimate of drug-likeness (QED) is 0.450. The van der Waals surface area contributed by atoms with Crippen molar-refractivity contribution in [3.05, 3.63) is 78.3 Å². The Morgan fingerprint density at radius 2 is 1.88 bits per heavy atom. The number of hydrogen-bond acceptors (Lipinski definition) is 4. The molecule has 2 aromatic heterocycles. The number of benzene rings is 2. The molecule has 2 aromatic carbocycles. The first-order valence-corrected chi connectivity index (χ1v) is 9.00. The molecule has 126 valence electrons. The van der Waals surface area contributed by atoms with Crippen LogP contribution in [0.15, 0.2) is 71.3 Å². The molecule has 4 rings (SSSR count). The summed E-state index contributed by atoms with van der Waals surface area (Å²) in [5, 5.41) is 3.49. The number of carbonyl (C=O) groups is 1. The van der Waals surface area contributed by atoms with Crippen molar-refractivity contribution in [3.8, 4) is 0 Å². The van der Waals surface area contributed by atoms with Crippen molar-refractivity contribution >= 4 is 57.6 Å². The van der Waals surface area contributed by atoms with E-state index in [1.807, 2.05) is 62.4 Å². The maximum absolute atomic E-state index is 12.9. The monoisotopic (exact) mass is 358 g/mol. The van der Waals surface area contributed by atoms with Crippen LogP contribution in [0.4, 0.5) is 5.13 Å². The van der Waals surface area contributed by atoms with Gasteiger partial charge in [0.15, 0.2) is 5.13 Å². The third-order valence-electron chi connectivity index (χ3n) is 3.95. The summed E-state index contributed by atoms with van der Waals surface area (Å²) in [6, 6.07) is 19.3. The minimum Gasteiger partial charge on any atom is -0.465 e. The Balaban J connectivity index is 1.68. The highest BCUT2D eigenvalue weighted by molar-refractivity contribution is 7.22. The number of thiazole rings is 1. The number of hydrogen-bond donors (Lipinski definition) is 1. The van der Waals surface area contributed by atoms with Crippen molar-refractivity contribution in [2.75, 3.05) is 5.32 Å². The van der Waals surface area contributed by atoms with E-state index in [-0.39, 0.29) is 5.91 Å². The second-order valence-corrected chi connectivity index (χ2v) is 6.91. The minimum atomic E-state index is -0.218. The van der Waals surface area contributed by atoms with Crippen LogP contribution >= 0.6 is 11.3 Å². The topological polar surface area (TPSA) is 55.1 Å². The van der Waals surface area contributed by atoms with Crippen molar-refractivity contribution in [2.45, 2.75) is 0 Å². The highest BCUT2D eigenvalue weighted by Gasteiger charge is 2.15. The molecule has 0 radical (unpaired) electrons. The number of carbonyl (C=O) groups excluding carboxylic acids is 1. The number of nitrogens with zero attached hydrogens (tertiary/aromatic N) is 1. The van der Waals surface area contributed by atoms with Gasteiger partial charge < -0.3 is 4.42 Å². The van der Waals surface area contributed by atoms with Crippen molar-refractivity contribution in [1.29, 1.82) is 0 Å². The highest BCUT2D eigenvalue weighted by Crippen LogP contribution is 2.27. The molecule has 6 heteroatoms. The van der Waals surface area contributed by atoms with Crippen LogP contribution in [0.1, 0.15) is 11.3 Å². The molecule has 26 heavy (non-hydrogen) atoms. The van der Waals surface area contributed by atoms with Gasteiger partial charge in [0.05, 0.1) is 22.1 Å². The Labute approximate surface area is 155 Å². The molecule has 4 nitrogen and oxygen atoms in total. The van der Waals surface area contributed by atoms with Gasteiger partial charge in [-0.3, -0.25) is 10.1 Å². The number of para-hydroxylation sites is 1. The Hall–Kier alpha value is -3.12. The molecule has 0 bridgehead atoms. The van der Waals surface area contributed by atoms with Crippen molar-refractivity contribution in [2.24, 2.45) is 0 Å². The van der Waals surface area contributed by atoms with E-state index in [2.05, 4.69) is 10.3 Å². The van der Waals surface area contributed by atoms with Crippen LogP contribution in [0.5, 0.6) is 0 Å². The van der Waals surface area contributed by atoms with E-state index >= 15 is 0 Å². The van der Waals surface area contributed by atoms with Crippen LogP contribution in [0.25, 0.3) is 21.9 Å². The van der Waals surface area contributed by atoms with Crippen LogP contribution < -0.4 is 10.8 Å². The van der Waals surface area contributed by atoms with Crippen molar-refractivity contribution < 1.29 is 9.21 Å². The van der Waals surface area contributed by atoms with E-state index in [1.54, 1.807) is 18.4 Å². The molecule has 0 saturated carbocycles. The van der Waals surface area contributed by atoms with Crippen LogP contribution in [0.2, 0.25) is 0 Å². The summed E-state index contributed by atoms with van der Waals surface area (Å²) >= 11 is 1.45. The number of fused-ring (bicyclic) bond motifs is 1. The largest absolute Gasteiger partial charge is 0.465 e. The number of nitrogens with one attached hydrogen (secondary N) is 1. The highest BCUT2D eigenvalue weighted by atomic mass is 32.1. The van der Waals surface area contributed by atoms with E-state index < -0.39 is 0 Å². The zero-order valence-electron chi connectivity index (χ0n) is 14.1. The predicted molar refractivity (Wildman–Crippen MR) is 109 cm³/mol. The normalized spacial score (nSPS) is 11.6. The van der Waals surface area contributed by atoms with Gasteiger partial charge in [-0.15, -0.1) is 0 Å². The lowest BCUT2D eigenvalue weighted by Gasteiger charge is -2.08. The van der Waals surface area contributed by atoms with Gasteiger partial charge in [0, 0.05) is 0 Å². The second kappa shape index (κ2) is 7.02. The van der Waals surface area contributed by atoms with Gasteiger partial charge in [-0.05, 0) is 35.9 Å². The van der Waals surface area contributed by atoms with Crippen molar-refractivity contribution in [1.82, 2.24) is 4.98 Å². The fourth-order valence-electron chi connectivity index (χ4n) is 2.62. The first kappa shape index (κ1) is 16.4. The summed E-state index contributed by atoms with van der Waals surface area (Å²) < 4.78 is 6.42. The third kappa shape index (κ3) is 3.46. The molecule has 0 spiro atoms. The Morgan fingerprint density at radius 3 is 2.62 bits per heavy atom. The first-order valence-electron chi connectivity index (χ1n) is 8.18. The lowest BCUT2D eigenvalue weighted by Crippen LogP contribution is -2.14. The maximum Gasteiger partial charge on any atom is 0.258 e. The van der Waals surface area contributed by atoms with Gasteiger partial charge in [-0.2, -0.15) is 0 Å². The summed E-state index contributed by atoms with van der Waals surface area (Å²) in [6.45, 7) is 0. The molecule has 0 atom stereocenters. The lowest BCUT2D eigenvalue weighted by atomic mass is 9.93. The molecule has 0 aliphatic rings. The number of amides is 1. The summed E-state index contributed by atoms with van der Waals surface area (Å²) in [5.74, 6) is 0.407. The van der Waals surface area contributed by atoms with Gasteiger partial charge in [-0.25, -0.2) is 4.98 Å². The first-order chi connectivity index (χ1) is 12.7. The van der Waals surface area contributed by atoms with E-state index in [9.17, 15) is 4.79 Å². The average Bonchev–Trinajstić information content (AvgIpc) is 3.29. The van der Waals surface area contributed by atoms with Gasteiger partial charge in [0.1, 0.15) is 13.6 Å². The molecule has 0 fully saturated rings. The third-order valence-corrected chi connectivity index (χ3v) is 4.90. The second-order valence-electron chi connectivity index (χ2n) is 5.88. The van der Waals surface area contributed by atoms with Crippen LogP contribution in [0.3, 0.4) is 0 Å². The molecule has 1 N–H and O–H groups in total. The van der Waals surface area contributed by atoms with Crippen molar-refractivity contribution in [3.63, 3.8) is 0 Å². The molecule has 2 heterocycles. The average molecular weight is 358 g/mol. The van der Waals surface area contributed by atoms with Gasteiger partial charge >= 0.3 is 0 Å². The van der Waals surface area contributed by atoms with E-state index in [0.29, 0.717) is 16.5 Å². The lowest BCUT2D eigenvalue weighted by molar-refractivity contribution is -0.111. The number of aromatic nitrogens is 1. The number of rotatable bonds is 4. The van der Waals surface area contributed by atoms with E-state index in [4.69, 9.17) is 4.42 Å². The zero-order chi connectivity index (χ0) is 17.9.